The van der Waals surface area contributed by atoms with E-state index in [0.717, 1.165) is 42.6 Å². The lowest BCUT2D eigenvalue weighted by Gasteiger charge is -2.16. The first-order valence-electron chi connectivity index (χ1n) is 9.65. The predicted molar refractivity (Wildman–Crippen MR) is 118 cm³/mol. The summed E-state index contributed by atoms with van der Waals surface area (Å²) in [6, 6.07) is 8.80. The van der Waals surface area contributed by atoms with Gasteiger partial charge in [0.25, 0.3) is 0 Å². The van der Waals surface area contributed by atoms with Crippen LogP contribution < -0.4 is 15.5 Å². The van der Waals surface area contributed by atoms with Gasteiger partial charge in [0.1, 0.15) is 0 Å². The maximum absolute atomic E-state index is 11.8. The van der Waals surface area contributed by atoms with Gasteiger partial charge in [0, 0.05) is 31.2 Å². The van der Waals surface area contributed by atoms with Gasteiger partial charge in [0.2, 0.25) is 5.91 Å². The Morgan fingerprint density at radius 1 is 1.27 bits per heavy atom. The Bertz CT molecular complexity index is 617. The molecule has 0 bridgehead atoms. The molecule has 1 aliphatic carbocycles. The number of guanidine groups is 1. The fourth-order valence-corrected chi connectivity index (χ4v) is 3.48. The summed E-state index contributed by atoms with van der Waals surface area (Å²) in [5.41, 5.74) is 2.16. The molecule has 1 saturated heterocycles. The van der Waals surface area contributed by atoms with Gasteiger partial charge in [-0.05, 0) is 49.8 Å². The van der Waals surface area contributed by atoms with Gasteiger partial charge >= 0.3 is 0 Å². The van der Waals surface area contributed by atoms with Gasteiger partial charge in [-0.2, -0.15) is 0 Å². The molecule has 3 rings (SSSR count). The Morgan fingerprint density at radius 3 is 2.65 bits per heavy atom. The molecule has 0 radical (unpaired) electrons. The molecular weight excluding hydrogens is 439 g/mol. The Kier molecular flexibility index (Phi) is 8.18. The topological polar surface area (TPSA) is 56.7 Å². The van der Waals surface area contributed by atoms with Gasteiger partial charge in [-0.15, -0.1) is 24.0 Å². The van der Waals surface area contributed by atoms with Gasteiger partial charge < -0.3 is 15.5 Å². The SMILES string of the molecule is CCCC1CC1NC(=NCc1ccc(N2CCCC2=O)cc1)NCC.I. The van der Waals surface area contributed by atoms with E-state index in [1.165, 1.54) is 19.3 Å². The third-order valence-electron chi connectivity index (χ3n) is 4.99. The molecule has 1 aliphatic heterocycles. The molecule has 1 heterocycles. The Labute approximate surface area is 174 Å². The van der Waals surface area contributed by atoms with E-state index in [9.17, 15) is 4.79 Å². The first kappa shape index (κ1) is 21.0. The van der Waals surface area contributed by atoms with Crippen molar-refractivity contribution in [1.29, 1.82) is 0 Å². The first-order chi connectivity index (χ1) is 12.2. The van der Waals surface area contributed by atoms with Crippen molar-refractivity contribution in [2.45, 2.75) is 58.5 Å². The number of nitrogens with one attached hydrogen (secondary N) is 2. The summed E-state index contributed by atoms with van der Waals surface area (Å²) in [5, 5.41) is 6.88. The van der Waals surface area contributed by atoms with Crippen LogP contribution in [0.2, 0.25) is 0 Å². The zero-order chi connectivity index (χ0) is 17.6. The lowest BCUT2D eigenvalue weighted by Crippen LogP contribution is -2.39. The molecule has 2 N–H and O–H groups in total. The quantitative estimate of drug-likeness (QED) is 0.363. The highest BCUT2D eigenvalue weighted by molar-refractivity contribution is 14.0. The summed E-state index contributed by atoms with van der Waals surface area (Å²) in [6.45, 7) is 6.69. The zero-order valence-corrected chi connectivity index (χ0v) is 18.2. The van der Waals surface area contributed by atoms with Crippen molar-refractivity contribution in [2.75, 3.05) is 18.0 Å². The van der Waals surface area contributed by atoms with Crippen LogP contribution in [0, 0.1) is 5.92 Å². The van der Waals surface area contributed by atoms with Crippen LogP contribution in [-0.4, -0.2) is 31.0 Å². The van der Waals surface area contributed by atoms with Crippen molar-refractivity contribution in [1.82, 2.24) is 10.6 Å². The van der Waals surface area contributed by atoms with E-state index >= 15 is 0 Å². The maximum Gasteiger partial charge on any atom is 0.227 e. The van der Waals surface area contributed by atoms with Crippen LogP contribution in [0.5, 0.6) is 0 Å². The number of hydrogen-bond donors (Lipinski definition) is 2. The normalized spacial score (nSPS) is 22.2. The Hall–Kier alpha value is -1.31. The van der Waals surface area contributed by atoms with E-state index in [4.69, 9.17) is 4.99 Å². The molecule has 0 aromatic heterocycles. The molecule has 26 heavy (non-hydrogen) atoms. The van der Waals surface area contributed by atoms with Gasteiger partial charge in [-0.3, -0.25) is 4.79 Å². The highest BCUT2D eigenvalue weighted by Gasteiger charge is 2.36. The standard InChI is InChI=1S/C20H30N4O.HI/c1-3-6-16-13-18(16)23-20(21-4-2)22-14-15-8-10-17(11-9-15)24-12-5-7-19(24)25;/h8-11,16,18H,3-7,12-14H2,1-2H3,(H2,21,22,23);1H. The molecule has 2 unspecified atom stereocenters. The van der Waals surface area contributed by atoms with E-state index in [2.05, 4.69) is 36.6 Å². The number of anilines is 1. The molecule has 6 heteroatoms. The summed E-state index contributed by atoms with van der Waals surface area (Å²) >= 11 is 0. The van der Waals surface area contributed by atoms with Crippen LogP contribution >= 0.6 is 24.0 Å². The van der Waals surface area contributed by atoms with E-state index in [0.29, 0.717) is 19.0 Å². The molecule has 1 aromatic carbocycles. The number of carbonyl (C=O) groups is 1. The fourth-order valence-electron chi connectivity index (χ4n) is 3.48. The largest absolute Gasteiger partial charge is 0.357 e. The van der Waals surface area contributed by atoms with E-state index in [-0.39, 0.29) is 29.9 Å². The molecule has 2 atom stereocenters. The van der Waals surface area contributed by atoms with Crippen LogP contribution in [-0.2, 0) is 11.3 Å². The van der Waals surface area contributed by atoms with Gasteiger partial charge in [0.15, 0.2) is 5.96 Å². The van der Waals surface area contributed by atoms with Gasteiger partial charge in [-0.1, -0.05) is 25.5 Å². The van der Waals surface area contributed by atoms with Gasteiger partial charge in [-0.25, -0.2) is 4.99 Å². The number of rotatable bonds is 7. The first-order valence-corrected chi connectivity index (χ1v) is 9.65. The number of nitrogens with zero attached hydrogens (tertiary/aromatic N) is 2. The lowest BCUT2D eigenvalue weighted by molar-refractivity contribution is -0.117. The van der Waals surface area contributed by atoms with Crippen LogP contribution in [0.15, 0.2) is 29.3 Å². The molecular formula is C20H31IN4O. The van der Waals surface area contributed by atoms with E-state index in [1.54, 1.807) is 0 Å². The average molecular weight is 470 g/mol. The predicted octanol–water partition coefficient (Wildman–Crippen LogP) is 3.68. The minimum atomic E-state index is 0. The highest BCUT2D eigenvalue weighted by Crippen LogP contribution is 2.34. The molecule has 2 aliphatic rings. The molecule has 2 fully saturated rings. The van der Waals surface area contributed by atoms with E-state index < -0.39 is 0 Å². The summed E-state index contributed by atoms with van der Waals surface area (Å²) in [4.78, 5) is 18.4. The molecule has 1 saturated carbocycles. The Morgan fingerprint density at radius 2 is 2.04 bits per heavy atom. The molecule has 0 spiro atoms. The number of amides is 1. The van der Waals surface area contributed by atoms with Crippen LogP contribution in [0.4, 0.5) is 5.69 Å². The number of benzene rings is 1. The summed E-state index contributed by atoms with van der Waals surface area (Å²) in [6.07, 6.45) is 5.44. The minimum Gasteiger partial charge on any atom is -0.357 e. The highest BCUT2D eigenvalue weighted by atomic mass is 127. The average Bonchev–Trinajstić information content (AvgIpc) is 3.19. The number of halogens is 1. The van der Waals surface area contributed by atoms with Crippen LogP contribution in [0.1, 0.15) is 51.5 Å². The summed E-state index contributed by atoms with van der Waals surface area (Å²) in [7, 11) is 0. The molecule has 144 valence electrons. The molecule has 1 amide bonds. The fraction of sp³-hybridized carbons (Fsp3) is 0.600. The van der Waals surface area contributed by atoms with Crippen molar-refractivity contribution in [3.8, 4) is 0 Å². The summed E-state index contributed by atoms with van der Waals surface area (Å²) in [5.74, 6) is 1.95. The van der Waals surface area contributed by atoms with Crippen molar-refractivity contribution in [3.63, 3.8) is 0 Å². The second kappa shape index (κ2) is 10.1. The molecule has 1 aromatic rings. The molecule has 5 nitrogen and oxygen atoms in total. The number of aliphatic imine (C=N–C) groups is 1. The monoisotopic (exact) mass is 470 g/mol. The van der Waals surface area contributed by atoms with Gasteiger partial charge in [0.05, 0.1) is 6.54 Å². The van der Waals surface area contributed by atoms with Crippen LogP contribution in [0.3, 0.4) is 0 Å². The lowest BCUT2D eigenvalue weighted by atomic mass is 10.2. The van der Waals surface area contributed by atoms with Crippen LogP contribution in [0.25, 0.3) is 0 Å². The number of hydrogen-bond acceptors (Lipinski definition) is 2. The Balaban J connectivity index is 0.00000243. The zero-order valence-electron chi connectivity index (χ0n) is 15.8. The smallest absolute Gasteiger partial charge is 0.227 e. The number of carbonyl (C=O) groups excluding carboxylic acids is 1. The van der Waals surface area contributed by atoms with Crippen molar-refractivity contribution in [3.05, 3.63) is 29.8 Å². The minimum absolute atomic E-state index is 0. The second-order valence-corrected chi connectivity index (χ2v) is 7.05. The third-order valence-corrected chi connectivity index (χ3v) is 4.99. The van der Waals surface area contributed by atoms with E-state index in [1.807, 2.05) is 17.0 Å². The van der Waals surface area contributed by atoms with Crippen molar-refractivity contribution >= 4 is 41.5 Å². The van der Waals surface area contributed by atoms with Crippen molar-refractivity contribution in [2.24, 2.45) is 10.9 Å². The summed E-state index contributed by atoms with van der Waals surface area (Å²) < 4.78 is 0. The van der Waals surface area contributed by atoms with Crippen molar-refractivity contribution < 1.29 is 4.79 Å². The maximum atomic E-state index is 11.8. The third kappa shape index (κ3) is 5.59. The second-order valence-electron chi connectivity index (χ2n) is 7.05.